The summed E-state index contributed by atoms with van der Waals surface area (Å²) in [6.45, 7) is 2.56. The molecule has 1 amide bonds. The average Bonchev–Trinajstić information content (AvgIpc) is 2.60. The van der Waals surface area contributed by atoms with Crippen LogP contribution in [0.3, 0.4) is 0 Å². The van der Waals surface area contributed by atoms with Crippen LogP contribution in [-0.2, 0) is 23.8 Å². The van der Waals surface area contributed by atoms with Crippen LogP contribution in [0.5, 0.6) is 0 Å². The first-order chi connectivity index (χ1) is 12.8. The molecule has 3 aliphatic rings. The highest BCUT2D eigenvalue weighted by Crippen LogP contribution is 2.32. The Labute approximate surface area is 155 Å². The Kier molecular flexibility index (Phi) is 5.66. The van der Waals surface area contributed by atoms with Crippen molar-refractivity contribution in [3.8, 4) is 0 Å². The van der Waals surface area contributed by atoms with Crippen molar-refractivity contribution in [3.63, 3.8) is 0 Å². The summed E-state index contributed by atoms with van der Waals surface area (Å²) >= 11 is 0. The Hall–Kier alpha value is -2.20. The fourth-order valence-corrected chi connectivity index (χ4v) is 3.38. The minimum absolute atomic E-state index is 0.0916. The van der Waals surface area contributed by atoms with Crippen LogP contribution in [0, 0.1) is 5.92 Å². The zero-order valence-corrected chi connectivity index (χ0v) is 14.9. The maximum atomic E-state index is 11.6. The summed E-state index contributed by atoms with van der Waals surface area (Å²) in [5.41, 5.74) is 0.867. The molecular weight excluding hydrogens is 358 g/mol. The lowest BCUT2D eigenvalue weighted by Gasteiger charge is -2.42. The minimum Gasteiger partial charge on any atom is -0.463 e. The summed E-state index contributed by atoms with van der Waals surface area (Å²) in [4.78, 5) is 23.1. The Morgan fingerprint density at radius 2 is 2.07 bits per heavy atom. The van der Waals surface area contributed by atoms with Gasteiger partial charge in [0.25, 0.3) is 0 Å². The third kappa shape index (κ3) is 4.06. The molecule has 27 heavy (non-hydrogen) atoms. The SMILES string of the molecule is CC(=O)N[C@H]1[C@H](OC2=CC3OC(=O)C=C(C)C3C=C2)O[C@H](CO)[C@@H](O)[C@@H]1O. The summed E-state index contributed by atoms with van der Waals surface area (Å²) in [5, 5.41) is 32.2. The lowest BCUT2D eigenvalue weighted by Crippen LogP contribution is -2.64. The monoisotopic (exact) mass is 381 g/mol. The zero-order chi connectivity index (χ0) is 19.7. The fraction of sp³-hybridized carbons (Fsp3) is 0.556. The van der Waals surface area contributed by atoms with Crippen molar-refractivity contribution in [2.75, 3.05) is 6.61 Å². The van der Waals surface area contributed by atoms with Crippen LogP contribution in [0.1, 0.15) is 13.8 Å². The normalized spacial score (nSPS) is 38.3. The predicted octanol–water partition coefficient (Wildman–Crippen LogP) is -1.11. The maximum absolute atomic E-state index is 11.6. The first-order valence-electron chi connectivity index (χ1n) is 8.65. The molecule has 9 nitrogen and oxygen atoms in total. The summed E-state index contributed by atoms with van der Waals surface area (Å²) in [6.07, 6.45) is 0.990. The third-order valence-corrected chi connectivity index (χ3v) is 4.78. The Balaban J connectivity index is 1.78. The molecule has 2 unspecified atom stereocenters. The van der Waals surface area contributed by atoms with Crippen molar-refractivity contribution in [2.45, 2.75) is 50.6 Å². The highest BCUT2D eigenvalue weighted by molar-refractivity contribution is 5.84. The van der Waals surface area contributed by atoms with E-state index in [1.165, 1.54) is 13.0 Å². The molecule has 0 aromatic heterocycles. The lowest BCUT2D eigenvalue weighted by molar-refractivity contribution is -0.258. The largest absolute Gasteiger partial charge is 0.463 e. The van der Waals surface area contributed by atoms with Crippen LogP contribution in [0.4, 0.5) is 0 Å². The van der Waals surface area contributed by atoms with Crippen molar-refractivity contribution >= 4 is 11.9 Å². The van der Waals surface area contributed by atoms with Crippen LogP contribution >= 0.6 is 0 Å². The highest BCUT2D eigenvalue weighted by atomic mass is 16.7. The number of hydrogen-bond donors (Lipinski definition) is 4. The molecular formula is C18H23NO8. The number of aliphatic hydroxyl groups is 3. The molecule has 2 aliphatic heterocycles. The number of amides is 1. The second kappa shape index (κ2) is 7.81. The smallest absolute Gasteiger partial charge is 0.331 e. The second-order valence-electron chi connectivity index (χ2n) is 6.79. The summed E-state index contributed by atoms with van der Waals surface area (Å²) in [5.74, 6) is -0.657. The summed E-state index contributed by atoms with van der Waals surface area (Å²) in [6, 6.07) is -1.05. The Morgan fingerprint density at radius 1 is 1.33 bits per heavy atom. The minimum atomic E-state index is -1.40. The molecule has 1 aliphatic carbocycles. The number of hydrogen-bond acceptors (Lipinski definition) is 8. The average molecular weight is 381 g/mol. The van der Waals surface area contributed by atoms with Crippen LogP contribution in [0.25, 0.3) is 0 Å². The van der Waals surface area contributed by atoms with Gasteiger partial charge in [-0.25, -0.2) is 4.79 Å². The molecule has 2 heterocycles. The van der Waals surface area contributed by atoms with Gasteiger partial charge in [0.1, 0.15) is 36.2 Å². The van der Waals surface area contributed by atoms with E-state index in [9.17, 15) is 24.9 Å². The Morgan fingerprint density at radius 3 is 2.74 bits per heavy atom. The van der Waals surface area contributed by atoms with Gasteiger partial charge in [0.2, 0.25) is 12.2 Å². The molecule has 1 fully saturated rings. The molecule has 148 valence electrons. The maximum Gasteiger partial charge on any atom is 0.331 e. The second-order valence-corrected chi connectivity index (χ2v) is 6.79. The van der Waals surface area contributed by atoms with E-state index in [1.54, 1.807) is 12.2 Å². The van der Waals surface area contributed by atoms with Gasteiger partial charge in [-0.05, 0) is 19.1 Å². The number of aliphatic hydroxyl groups excluding tert-OH is 3. The first kappa shape index (κ1) is 19.6. The molecule has 0 bridgehead atoms. The number of carbonyl (C=O) groups is 2. The van der Waals surface area contributed by atoms with Gasteiger partial charge < -0.3 is 34.8 Å². The van der Waals surface area contributed by atoms with Crippen molar-refractivity contribution in [3.05, 3.63) is 35.6 Å². The number of nitrogens with one attached hydrogen (secondary N) is 1. The van der Waals surface area contributed by atoms with Gasteiger partial charge in [-0.2, -0.15) is 0 Å². The number of allylic oxidation sites excluding steroid dienone is 1. The van der Waals surface area contributed by atoms with Crippen LogP contribution in [-0.4, -0.2) is 70.6 Å². The van der Waals surface area contributed by atoms with Crippen molar-refractivity contribution in [1.82, 2.24) is 5.32 Å². The molecule has 1 saturated heterocycles. The first-order valence-corrected chi connectivity index (χ1v) is 8.65. The molecule has 3 rings (SSSR count). The van der Waals surface area contributed by atoms with E-state index < -0.39 is 55.2 Å². The molecule has 4 N–H and O–H groups in total. The zero-order valence-electron chi connectivity index (χ0n) is 14.9. The quantitative estimate of drug-likeness (QED) is 0.450. The van der Waals surface area contributed by atoms with E-state index in [0.29, 0.717) is 5.76 Å². The van der Waals surface area contributed by atoms with Gasteiger partial charge in [-0.15, -0.1) is 0 Å². The van der Waals surface area contributed by atoms with E-state index in [-0.39, 0.29) is 5.92 Å². The van der Waals surface area contributed by atoms with Gasteiger partial charge in [0, 0.05) is 18.9 Å². The molecule has 0 radical (unpaired) electrons. The highest BCUT2D eigenvalue weighted by Gasteiger charge is 2.46. The van der Waals surface area contributed by atoms with Crippen LogP contribution in [0.15, 0.2) is 35.6 Å². The molecule has 0 aromatic rings. The molecule has 0 spiro atoms. The predicted molar refractivity (Wildman–Crippen MR) is 90.8 cm³/mol. The third-order valence-electron chi connectivity index (χ3n) is 4.78. The van der Waals surface area contributed by atoms with Crippen LogP contribution in [0.2, 0.25) is 0 Å². The molecule has 7 atom stereocenters. The topological polar surface area (TPSA) is 135 Å². The van der Waals surface area contributed by atoms with Crippen LogP contribution < -0.4 is 5.32 Å². The number of esters is 1. The molecule has 0 aromatic carbocycles. The van der Waals surface area contributed by atoms with E-state index in [0.717, 1.165) is 5.57 Å². The van der Waals surface area contributed by atoms with Gasteiger partial charge >= 0.3 is 5.97 Å². The van der Waals surface area contributed by atoms with Crippen molar-refractivity contribution < 1.29 is 39.1 Å². The number of rotatable bonds is 4. The number of ether oxygens (including phenoxy) is 3. The van der Waals surface area contributed by atoms with Gasteiger partial charge in [0.15, 0.2) is 0 Å². The number of carbonyl (C=O) groups excluding carboxylic acids is 2. The molecule has 0 saturated carbocycles. The molecule has 9 heteroatoms. The van der Waals surface area contributed by atoms with E-state index in [1.807, 2.05) is 13.0 Å². The van der Waals surface area contributed by atoms with E-state index in [4.69, 9.17) is 14.2 Å². The fourth-order valence-electron chi connectivity index (χ4n) is 3.38. The van der Waals surface area contributed by atoms with Crippen molar-refractivity contribution in [1.29, 1.82) is 0 Å². The van der Waals surface area contributed by atoms with E-state index in [2.05, 4.69) is 5.32 Å². The van der Waals surface area contributed by atoms with Crippen molar-refractivity contribution in [2.24, 2.45) is 5.92 Å². The lowest BCUT2D eigenvalue weighted by atomic mass is 9.88. The van der Waals surface area contributed by atoms with E-state index >= 15 is 0 Å². The van der Waals surface area contributed by atoms with Gasteiger partial charge in [-0.3, -0.25) is 4.79 Å². The number of fused-ring (bicyclic) bond motifs is 1. The van der Waals surface area contributed by atoms with Gasteiger partial charge in [0.05, 0.1) is 6.61 Å². The summed E-state index contributed by atoms with van der Waals surface area (Å²) < 4.78 is 16.6. The van der Waals surface area contributed by atoms with Gasteiger partial charge in [-0.1, -0.05) is 11.6 Å². The Bertz CT molecular complexity index is 699. The summed E-state index contributed by atoms with van der Waals surface area (Å²) in [7, 11) is 0. The standard InChI is InChI=1S/C18H23NO8/c1-8-5-14(22)26-12-6-10(3-4-11(8)12)25-18-15(19-9(2)21)17(24)16(23)13(7-20)27-18/h3-6,11-13,15-18,20,23-24H,7H2,1-2H3,(H,19,21)/t11?,12?,13-,15-,16-,17-,18-/m1/s1.